The van der Waals surface area contributed by atoms with Crippen LogP contribution in [0, 0.1) is 0 Å². The van der Waals surface area contributed by atoms with Crippen LogP contribution in [-0.4, -0.2) is 9.97 Å². The molecular formula is C14H14ClN3S. The third-order valence-corrected chi connectivity index (χ3v) is 3.23. The Labute approximate surface area is 122 Å². The molecule has 2 rings (SSSR count). The van der Waals surface area contributed by atoms with Crippen LogP contribution in [0.2, 0.25) is 5.02 Å². The van der Waals surface area contributed by atoms with E-state index in [0.29, 0.717) is 10.7 Å². The zero-order valence-corrected chi connectivity index (χ0v) is 12.0. The van der Waals surface area contributed by atoms with E-state index in [2.05, 4.69) is 17.2 Å². The SMILES string of the molecule is CC(Nc1ccnc(C(N)=S)c1)c1ccc(Cl)cc1. The average Bonchev–Trinajstić information content (AvgIpc) is 2.39. The maximum atomic E-state index is 5.88. The van der Waals surface area contributed by atoms with E-state index in [1.807, 2.05) is 36.4 Å². The van der Waals surface area contributed by atoms with Gasteiger partial charge in [0.25, 0.3) is 0 Å². The van der Waals surface area contributed by atoms with E-state index >= 15 is 0 Å². The number of nitrogens with zero attached hydrogens (tertiary/aromatic N) is 1. The van der Waals surface area contributed by atoms with Gasteiger partial charge in [0.2, 0.25) is 0 Å². The van der Waals surface area contributed by atoms with Crippen molar-refractivity contribution in [1.82, 2.24) is 4.98 Å². The molecule has 0 radical (unpaired) electrons. The number of hydrogen-bond donors (Lipinski definition) is 2. The second kappa shape index (κ2) is 5.99. The van der Waals surface area contributed by atoms with Crippen LogP contribution in [0.5, 0.6) is 0 Å². The van der Waals surface area contributed by atoms with Crippen LogP contribution in [0.1, 0.15) is 24.2 Å². The Morgan fingerprint density at radius 2 is 2.00 bits per heavy atom. The topological polar surface area (TPSA) is 50.9 Å². The molecule has 3 N–H and O–H groups in total. The molecule has 0 amide bonds. The third-order valence-electron chi connectivity index (χ3n) is 2.77. The molecule has 0 saturated heterocycles. The fraction of sp³-hybridized carbons (Fsp3) is 0.143. The number of hydrogen-bond acceptors (Lipinski definition) is 3. The summed E-state index contributed by atoms with van der Waals surface area (Å²) in [6.07, 6.45) is 1.69. The van der Waals surface area contributed by atoms with Gasteiger partial charge in [-0.15, -0.1) is 0 Å². The van der Waals surface area contributed by atoms with Crippen LogP contribution in [0.15, 0.2) is 42.6 Å². The Kier molecular flexibility index (Phi) is 4.35. The maximum Gasteiger partial charge on any atom is 0.122 e. The predicted octanol–water partition coefficient (Wildman–Crippen LogP) is 3.54. The zero-order valence-electron chi connectivity index (χ0n) is 10.4. The summed E-state index contributed by atoms with van der Waals surface area (Å²) in [6.45, 7) is 2.07. The van der Waals surface area contributed by atoms with Gasteiger partial charge in [-0.1, -0.05) is 36.0 Å². The number of thiocarbonyl (C=S) groups is 1. The first-order chi connectivity index (χ1) is 9.06. The van der Waals surface area contributed by atoms with Crippen molar-refractivity contribution in [2.45, 2.75) is 13.0 Å². The largest absolute Gasteiger partial charge is 0.388 e. The molecule has 5 heteroatoms. The fourth-order valence-corrected chi connectivity index (χ4v) is 1.98. The third kappa shape index (κ3) is 3.66. The van der Waals surface area contributed by atoms with Crippen molar-refractivity contribution < 1.29 is 0 Å². The zero-order chi connectivity index (χ0) is 13.8. The van der Waals surface area contributed by atoms with E-state index in [1.54, 1.807) is 6.20 Å². The molecule has 0 aliphatic carbocycles. The number of nitrogens with two attached hydrogens (primary N) is 1. The molecule has 2 aromatic rings. The van der Waals surface area contributed by atoms with Crippen LogP contribution < -0.4 is 11.1 Å². The van der Waals surface area contributed by atoms with Crippen LogP contribution in [0.4, 0.5) is 5.69 Å². The number of anilines is 1. The minimum Gasteiger partial charge on any atom is -0.388 e. The lowest BCUT2D eigenvalue weighted by Crippen LogP contribution is -2.13. The van der Waals surface area contributed by atoms with E-state index in [-0.39, 0.29) is 6.04 Å². The second-order valence-corrected chi connectivity index (χ2v) is 5.09. The highest BCUT2D eigenvalue weighted by Crippen LogP contribution is 2.21. The smallest absolute Gasteiger partial charge is 0.122 e. The molecule has 1 heterocycles. The van der Waals surface area contributed by atoms with Gasteiger partial charge < -0.3 is 11.1 Å². The summed E-state index contributed by atoms with van der Waals surface area (Å²) in [7, 11) is 0. The molecule has 1 aromatic heterocycles. The summed E-state index contributed by atoms with van der Waals surface area (Å²) in [5.74, 6) is 0. The van der Waals surface area contributed by atoms with Crippen molar-refractivity contribution in [1.29, 1.82) is 0 Å². The number of halogens is 1. The summed E-state index contributed by atoms with van der Waals surface area (Å²) in [5.41, 5.74) is 8.26. The lowest BCUT2D eigenvalue weighted by molar-refractivity contribution is 0.884. The summed E-state index contributed by atoms with van der Waals surface area (Å²) in [6, 6.07) is 11.6. The monoisotopic (exact) mass is 291 g/mol. The molecule has 19 heavy (non-hydrogen) atoms. The lowest BCUT2D eigenvalue weighted by Gasteiger charge is -2.16. The quantitative estimate of drug-likeness (QED) is 0.846. The Morgan fingerprint density at radius 3 is 2.63 bits per heavy atom. The maximum absolute atomic E-state index is 5.88. The molecule has 0 aliphatic heterocycles. The Hall–Kier alpha value is -1.65. The first-order valence-corrected chi connectivity index (χ1v) is 6.63. The minimum atomic E-state index is 0.152. The van der Waals surface area contributed by atoms with Gasteiger partial charge in [-0.3, -0.25) is 4.98 Å². The first kappa shape index (κ1) is 13.8. The number of rotatable bonds is 4. The molecule has 0 fully saturated rings. The highest BCUT2D eigenvalue weighted by molar-refractivity contribution is 7.80. The molecule has 0 bridgehead atoms. The molecule has 1 unspecified atom stereocenters. The normalized spacial score (nSPS) is 11.9. The van der Waals surface area contributed by atoms with Crippen LogP contribution in [0.3, 0.4) is 0 Å². The van der Waals surface area contributed by atoms with Crippen LogP contribution in [0.25, 0.3) is 0 Å². The van der Waals surface area contributed by atoms with Gasteiger partial charge in [0, 0.05) is 22.9 Å². The van der Waals surface area contributed by atoms with Gasteiger partial charge in [0.1, 0.15) is 4.99 Å². The second-order valence-electron chi connectivity index (χ2n) is 4.21. The minimum absolute atomic E-state index is 0.152. The van der Waals surface area contributed by atoms with E-state index in [9.17, 15) is 0 Å². The van der Waals surface area contributed by atoms with Gasteiger partial charge in [0.05, 0.1) is 5.69 Å². The van der Waals surface area contributed by atoms with Gasteiger partial charge in [0.15, 0.2) is 0 Å². The number of benzene rings is 1. The van der Waals surface area contributed by atoms with Crippen LogP contribution >= 0.6 is 23.8 Å². The number of aromatic nitrogens is 1. The molecular weight excluding hydrogens is 278 g/mol. The number of nitrogens with one attached hydrogen (secondary N) is 1. The summed E-state index contributed by atoms with van der Waals surface area (Å²) < 4.78 is 0. The van der Waals surface area contributed by atoms with Gasteiger partial charge in [-0.2, -0.15) is 0 Å². The van der Waals surface area contributed by atoms with E-state index in [4.69, 9.17) is 29.6 Å². The van der Waals surface area contributed by atoms with Crippen LogP contribution in [-0.2, 0) is 0 Å². The lowest BCUT2D eigenvalue weighted by atomic mass is 10.1. The highest BCUT2D eigenvalue weighted by atomic mass is 35.5. The van der Waals surface area contributed by atoms with E-state index < -0.39 is 0 Å². The Morgan fingerprint density at radius 1 is 1.32 bits per heavy atom. The van der Waals surface area contributed by atoms with E-state index in [0.717, 1.165) is 16.3 Å². The Bertz CT molecular complexity index is 583. The molecule has 0 aliphatic rings. The first-order valence-electron chi connectivity index (χ1n) is 5.84. The van der Waals surface area contributed by atoms with Gasteiger partial charge in [-0.05, 0) is 36.8 Å². The van der Waals surface area contributed by atoms with Crippen molar-refractivity contribution in [2.24, 2.45) is 5.73 Å². The van der Waals surface area contributed by atoms with Crippen molar-refractivity contribution in [3.8, 4) is 0 Å². The molecule has 98 valence electrons. The molecule has 1 aromatic carbocycles. The molecule has 0 spiro atoms. The summed E-state index contributed by atoms with van der Waals surface area (Å²) in [4.78, 5) is 4.40. The molecule has 0 saturated carbocycles. The van der Waals surface area contributed by atoms with Crippen molar-refractivity contribution in [3.63, 3.8) is 0 Å². The van der Waals surface area contributed by atoms with Gasteiger partial charge >= 0.3 is 0 Å². The Balaban J connectivity index is 2.14. The fourth-order valence-electron chi connectivity index (χ4n) is 1.74. The standard InChI is InChI=1S/C14H14ClN3S/c1-9(10-2-4-11(15)5-3-10)18-12-6-7-17-13(8-12)14(16)19/h2-9H,1H3,(H2,16,19)(H,17,18). The van der Waals surface area contributed by atoms with Crippen molar-refractivity contribution in [2.75, 3.05) is 5.32 Å². The number of pyridine rings is 1. The van der Waals surface area contributed by atoms with Gasteiger partial charge in [-0.25, -0.2) is 0 Å². The predicted molar refractivity (Wildman–Crippen MR) is 83.6 cm³/mol. The summed E-state index contributed by atoms with van der Waals surface area (Å²) >= 11 is 10.8. The highest BCUT2D eigenvalue weighted by Gasteiger charge is 2.06. The average molecular weight is 292 g/mol. The van der Waals surface area contributed by atoms with Crippen molar-refractivity contribution in [3.05, 3.63) is 58.9 Å². The summed E-state index contributed by atoms with van der Waals surface area (Å²) in [5, 5.41) is 4.11. The molecule has 3 nitrogen and oxygen atoms in total. The van der Waals surface area contributed by atoms with Crippen molar-refractivity contribution >= 4 is 34.5 Å². The van der Waals surface area contributed by atoms with E-state index in [1.165, 1.54) is 0 Å². The molecule has 1 atom stereocenters.